The van der Waals surface area contributed by atoms with Crippen LogP contribution in [0.15, 0.2) is 40.6 Å². The Hall–Kier alpha value is -1.36. The fourth-order valence-electron chi connectivity index (χ4n) is 0.962. The Kier molecular flexibility index (Phi) is 5.56. The number of halogens is 1. The van der Waals surface area contributed by atoms with Gasteiger partial charge in [0.05, 0.1) is 0 Å². The third-order valence-electron chi connectivity index (χ3n) is 1.75. The molecule has 86 valence electrons. The van der Waals surface area contributed by atoms with E-state index in [0.717, 1.165) is 5.56 Å². The van der Waals surface area contributed by atoms with Crippen molar-refractivity contribution in [3.63, 3.8) is 0 Å². The van der Waals surface area contributed by atoms with Crippen molar-refractivity contribution in [2.45, 2.75) is 13.5 Å². The number of hydrogen-bond acceptors (Lipinski definition) is 4. The largest absolute Gasteiger partial charge is 0.398 e. The first kappa shape index (κ1) is 12.7. The second kappa shape index (κ2) is 7.00. The van der Waals surface area contributed by atoms with Crippen molar-refractivity contribution >= 4 is 26.3 Å². The molecular formula is C11H13BrN2O2. The Morgan fingerprint density at radius 2 is 1.94 bits per heavy atom. The summed E-state index contributed by atoms with van der Waals surface area (Å²) in [5.41, 5.74) is 1.69. The van der Waals surface area contributed by atoms with E-state index in [1.54, 1.807) is 6.92 Å². The van der Waals surface area contributed by atoms with Crippen molar-refractivity contribution in [1.29, 1.82) is 0 Å². The molecule has 4 nitrogen and oxygen atoms in total. The monoisotopic (exact) mass is 284 g/mol. The first-order valence-corrected chi connectivity index (χ1v) is 5.51. The van der Waals surface area contributed by atoms with E-state index in [4.69, 9.17) is 4.84 Å². The Morgan fingerprint density at radius 1 is 1.25 bits per heavy atom. The molecular weight excluding hydrogens is 272 g/mol. The number of oxime groups is 2. The minimum absolute atomic E-state index is 0.436. The standard InChI is InChI=1S/C11H13BrN2O2/c1-9(11(12)14-15-2)13-16-8-10-6-4-3-5-7-10/h3-7H,8H2,1-2H3. The molecule has 0 spiro atoms. The van der Waals surface area contributed by atoms with Gasteiger partial charge in [-0.3, -0.25) is 0 Å². The number of nitrogens with zero attached hydrogens (tertiary/aromatic N) is 2. The zero-order chi connectivity index (χ0) is 11.8. The second-order valence-corrected chi connectivity index (χ2v) is 3.75. The summed E-state index contributed by atoms with van der Waals surface area (Å²) in [6, 6.07) is 9.82. The van der Waals surface area contributed by atoms with Crippen LogP contribution in [0.25, 0.3) is 0 Å². The maximum Gasteiger partial charge on any atom is 0.169 e. The highest BCUT2D eigenvalue weighted by Gasteiger charge is 2.00. The van der Waals surface area contributed by atoms with E-state index in [1.807, 2.05) is 30.3 Å². The third-order valence-corrected chi connectivity index (χ3v) is 2.46. The van der Waals surface area contributed by atoms with E-state index in [-0.39, 0.29) is 0 Å². The molecule has 0 aromatic heterocycles. The van der Waals surface area contributed by atoms with E-state index < -0.39 is 0 Å². The van der Waals surface area contributed by atoms with Gasteiger partial charge < -0.3 is 9.68 Å². The van der Waals surface area contributed by atoms with Gasteiger partial charge in [-0.1, -0.05) is 40.6 Å². The quantitative estimate of drug-likeness (QED) is 0.616. The van der Waals surface area contributed by atoms with Gasteiger partial charge in [0.15, 0.2) is 4.62 Å². The van der Waals surface area contributed by atoms with Crippen LogP contribution >= 0.6 is 15.9 Å². The molecule has 0 atom stereocenters. The van der Waals surface area contributed by atoms with Crippen molar-refractivity contribution < 1.29 is 9.68 Å². The molecule has 0 saturated carbocycles. The first-order chi connectivity index (χ1) is 7.74. The molecule has 1 aromatic carbocycles. The maximum absolute atomic E-state index is 5.17. The van der Waals surface area contributed by atoms with Gasteiger partial charge in [-0.05, 0) is 28.4 Å². The van der Waals surface area contributed by atoms with Crippen LogP contribution in [0.5, 0.6) is 0 Å². The van der Waals surface area contributed by atoms with Crippen molar-refractivity contribution in [2.24, 2.45) is 10.3 Å². The molecule has 5 heteroatoms. The van der Waals surface area contributed by atoms with Crippen LogP contribution in [0.1, 0.15) is 12.5 Å². The summed E-state index contributed by atoms with van der Waals surface area (Å²) in [5.74, 6) is 0. The lowest BCUT2D eigenvalue weighted by molar-refractivity contribution is 0.131. The summed E-state index contributed by atoms with van der Waals surface area (Å²) < 4.78 is 0.517. The molecule has 0 fully saturated rings. The molecule has 0 radical (unpaired) electrons. The summed E-state index contributed by atoms with van der Waals surface area (Å²) in [7, 11) is 1.47. The van der Waals surface area contributed by atoms with Gasteiger partial charge >= 0.3 is 0 Å². The van der Waals surface area contributed by atoms with Crippen LogP contribution in [0, 0.1) is 0 Å². The maximum atomic E-state index is 5.17. The zero-order valence-electron chi connectivity index (χ0n) is 9.18. The van der Waals surface area contributed by atoms with Crippen LogP contribution in [-0.2, 0) is 16.3 Å². The van der Waals surface area contributed by atoms with Crippen LogP contribution in [0.3, 0.4) is 0 Å². The zero-order valence-corrected chi connectivity index (χ0v) is 10.8. The Labute approximate surface area is 103 Å². The molecule has 0 bridgehead atoms. The summed E-state index contributed by atoms with van der Waals surface area (Å²) in [4.78, 5) is 9.76. The fraction of sp³-hybridized carbons (Fsp3) is 0.273. The highest BCUT2D eigenvalue weighted by atomic mass is 79.9. The molecule has 0 aliphatic rings. The van der Waals surface area contributed by atoms with Crippen LogP contribution in [-0.4, -0.2) is 17.4 Å². The molecule has 0 N–H and O–H groups in total. The average molecular weight is 285 g/mol. The number of hydrogen-bond donors (Lipinski definition) is 0. The highest BCUT2D eigenvalue weighted by molar-refractivity contribution is 9.19. The average Bonchev–Trinajstić information content (AvgIpc) is 2.30. The second-order valence-electron chi connectivity index (χ2n) is 3.00. The van der Waals surface area contributed by atoms with Gasteiger partial charge in [-0.2, -0.15) is 0 Å². The number of benzene rings is 1. The van der Waals surface area contributed by atoms with Crippen molar-refractivity contribution in [2.75, 3.05) is 7.11 Å². The van der Waals surface area contributed by atoms with Crippen LogP contribution in [0.4, 0.5) is 0 Å². The predicted molar refractivity (Wildman–Crippen MR) is 67.7 cm³/mol. The molecule has 0 aliphatic heterocycles. The molecule has 16 heavy (non-hydrogen) atoms. The van der Waals surface area contributed by atoms with Gasteiger partial charge in [0, 0.05) is 0 Å². The van der Waals surface area contributed by atoms with E-state index in [0.29, 0.717) is 16.9 Å². The lowest BCUT2D eigenvalue weighted by Crippen LogP contribution is -2.03. The van der Waals surface area contributed by atoms with Crippen molar-refractivity contribution in [3.05, 3.63) is 35.9 Å². The van der Waals surface area contributed by atoms with E-state index in [9.17, 15) is 0 Å². The summed E-state index contributed by atoms with van der Waals surface area (Å²) in [5, 5.41) is 7.57. The Morgan fingerprint density at radius 3 is 2.56 bits per heavy atom. The summed E-state index contributed by atoms with van der Waals surface area (Å²) in [6.45, 7) is 2.21. The summed E-state index contributed by atoms with van der Waals surface area (Å²) in [6.07, 6.45) is 0. The number of rotatable bonds is 5. The van der Waals surface area contributed by atoms with Gasteiger partial charge in [0.25, 0.3) is 0 Å². The molecule has 0 amide bonds. The van der Waals surface area contributed by atoms with Crippen LogP contribution in [0.2, 0.25) is 0 Å². The third kappa shape index (κ3) is 4.44. The molecule has 1 aromatic rings. The van der Waals surface area contributed by atoms with Gasteiger partial charge in [0.1, 0.15) is 19.4 Å². The molecule has 0 unspecified atom stereocenters. The van der Waals surface area contributed by atoms with Gasteiger partial charge in [-0.25, -0.2) is 0 Å². The molecule has 0 saturated heterocycles. The van der Waals surface area contributed by atoms with E-state index >= 15 is 0 Å². The predicted octanol–water partition coefficient (Wildman–Crippen LogP) is 2.93. The lowest BCUT2D eigenvalue weighted by Gasteiger charge is -2.00. The highest BCUT2D eigenvalue weighted by Crippen LogP contribution is 2.02. The Balaban J connectivity index is 2.45. The molecule has 0 aliphatic carbocycles. The minimum atomic E-state index is 0.436. The van der Waals surface area contributed by atoms with Crippen molar-refractivity contribution in [3.8, 4) is 0 Å². The normalized spacial score (nSPS) is 12.4. The van der Waals surface area contributed by atoms with Gasteiger partial charge in [-0.15, -0.1) is 0 Å². The SMILES string of the molecule is CON=C(Br)C(C)=NOCc1ccccc1. The van der Waals surface area contributed by atoms with Gasteiger partial charge in [0.2, 0.25) is 0 Å². The molecule has 1 rings (SSSR count). The van der Waals surface area contributed by atoms with E-state index in [1.165, 1.54) is 7.11 Å². The van der Waals surface area contributed by atoms with Crippen LogP contribution < -0.4 is 0 Å². The smallest absolute Gasteiger partial charge is 0.169 e. The minimum Gasteiger partial charge on any atom is -0.398 e. The first-order valence-electron chi connectivity index (χ1n) is 4.71. The van der Waals surface area contributed by atoms with E-state index in [2.05, 4.69) is 31.1 Å². The Bertz CT molecular complexity index is 377. The lowest BCUT2D eigenvalue weighted by atomic mass is 10.2. The summed E-state index contributed by atoms with van der Waals surface area (Å²) >= 11 is 3.20. The molecule has 0 heterocycles. The van der Waals surface area contributed by atoms with Crippen molar-refractivity contribution in [1.82, 2.24) is 0 Å². The fourth-order valence-corrected chi connectivity index (χ4v) is 1.18. The topological polar surface area (TPSA) is 43.2 Å².